The first-order valence-electron chi connectivity index (χ1n) is 8.69. The molecule has 0 spiro atoms. The number of nitrogens with zero attached hydrogens (tertiary/aromatic N) is 1. The molecule has 2 aromatic carbocycles. The van der Waals surface area contributed by atoms with Crippen LogP contribution in [0.1, 0.15) is 29.5 Å². The summed E-state index contributed by atoms with van der Waals surface area (Å²) in [5, 5.41) is 3.46. The van der Waals surface area contributed by atoms with Crippen LogP contribution >= 0.6 is 11.6 Å². The van der Waals surface area contributed by atoms with Crippen molar-refractivity contribution in [3.8, 4) is 0 Å². The molecule has 1 amide bonds. The lowest BCUT2D eigenvalue weighted by molar-refractivity contribution is -0.116. The van der Waals surface area contributed by atoms with E-state index in [1.807, 2.05) is 32.9 Å². The molecule has 0 saturated carbocycles. The van der Waals surface area contributed by atoms with Gasteiger partial charge in [-0.3, -0.25) is 9.10 Å². The van der Waals surface area contributed by atoms with Gasteiger partial charge < -0.3 is 5.32 Å². The maximum Gasteiger partial charge on any atom is 0.232 e. The molecule has 0 radical (unpaired) electrons. The van der Waals surface area contributed by atoms with Gasteiger partial charge in [0.2, 0.25) is 15.9 Å². The van der Waals surface area contributed by atoms with Gasteiger partial charge in [-0.05, 0) is 68.1 Å². The average Bonchev–Trinajstić information content (AvgIpc) is 2.56. The van der Waals surface area contributed by atoms with Crippen molar-refractivity contribution in [1.82, 2.24) is 0 Å². The van der Waals surface area contributed by atoms with E-state index in [0.29, 0.717) is 22.8 Å². The van der Waals surface area contributed by atoms with Crippen LogP contribution in [0.25, 0.3) is 0 Å². The molecule has 2 aromatic rings. The molecule has 7 heteroatoms. The summed E-state index contributed by atoms with van der Waals surface area (Å²) in [6.45, 7) is 5.96. The third-order valence-corrected chi connectivity index (χ3v) is 5.89. The second-order valence-electron chi connectivity index (χ2n) is 6.67. The Hall–Kier alpha value is -2.05. The molecule has 0 atom stereocenters. The fourth-order valence-electron chi connectivity index (χ4n) is 2.83. The second-order valence-corrected chi connectivity index (χ2v) is 9.01. The van der Waals surface area contributed by atoms with Crippen LogP contribution in [0.3, 0.4) is 0 Å². The number of aryl methyl sites for hydroxylation is 2. The van der Waals surface area contributed by atoms with Gasteiger partial charge in [-0.2, -0.15) is 0 Å². The average molecular weight is 409 g/mol. The van der Waals surface area contributed by atoms with Crippen molar-refractivity contribution in [2.45, 2.75) is 33.6 Å². The fraction of sp³-hybridized carbons (Fsp3) is 0.350. The largest absolute Gasteiger partial charge is 0.326 e. The molecule has 146 valence electrons. The molecule has 2 rings (SSSR count). The fourth-order valence-corrected chi connectivity index (χ4v) is 4.08. The lowest BCUT2D eigenvalue weighted by atomic mass is 10.1. The number of nitrogens with one attached hydrogen (secondary N) is 1. The molecule has 0 unspecified atom stereocenters. The van der Waals surface area contributed by atoms with E-state index in [1.54, 1.807) is 24.3 Å². The summed E-state index contributed by atoms with van der Waals surface area (Å²) in [6, 6.07) is 10.8. The zero-order valence-electron chi connectivity index (χ0n) is 16.0. The smallest absolute Gasteiger partial charge is 0.232 e. The van der Waals surface area contributed by atoms with Gasteiger partial charge >= 0.3 is 0 Å². The highest BCUT2D eigenvalue weighted by atomic mass is 35.5. The van der Waals surface area contributed by atoms with E-state index in [9.17, 15) is 13.2 Å². The highest BCUT2D eigenvalue weighted by Gasteiger charge is 2.20. The minimum atomic E-state index is -3.44. The predicted octanol–water partition coefficient (Wildman–Crippen LogP) is 4.45. The van der Waals surface area contributed by atoms with Crippen LogP contribution in [0.15, 0.2) is 36.4 Å². The molecule has 0 heterocycles. The van der Waals surface area contributed by atoms with Gasteiger partial charge in [0.05, 0.1) is 11.9 Å². The van der Waals surface area contributed by atoms with E-state index < -0.39 is 10.0 Å². The van der Waals surface area contributed by atoms with Crippen molar-refractivity contribution in [1.29, 1.82) is 0 Å². The number of amides is 1. The quantitative estimate of drug-likeness (QED) is 0.735. The summed E-state index contributed by atoms with van der Waals surface area (Å²) in [7, 11) is -3.44. The summed E-state index contributed by atoms with van der Waals surface area (Å²) < 4.78 is 25.9. The van der Waals surface area contributed by atoms with Crippen molar-refractivity contribution in [3.63, 3.8) is 0 Å². The third-order valence-electron chi connectivity index (χ3n) is 4.47. The zero-order valence-corrected chi connectivity index (χ0v) is 17.6. The van der Waals surface area contributed by atoms with Gasteiger partial charge in [-0.15, -0.1) is 0 Å². The zero-order chi connectivity index (χ0) is 20.2. The summed E-state index contributed by atoms with van der Waals surface area (Å²) in [4.78, 5) is 12.2. The van der Waals surface area contributed by atoms with Gasteiger partial charge in [0.15, 0.2) is 0 Å². The van der Waals surface area contributed by atoms with Gasteiger partial charge in [0.1, 0.15) is 0 Å². The van der Waals surface area contributed by atoms with Crippen molar-refractivity contribution in [3.05, 3.63) is 58.1 Å². The number of anilines is 2. The molecule has 27 heavy (non-hydrogen) atoms. The van der Waals surface area contributed by atoms with E-state index in [2.05, 4.69) is 5.32 Å². The van der Waals surface area contributed by atoms with E-state index in [4.69, 9.17) is 11.6 Å². The van der Waals surface area contributed by atoms with Crippen LogP contribution in [0.2, 0.25) is 5.02 Å². The standard InChI is InChI=1S/C20H25ClN2O3S/c1-14-7-5-8-19(16(14)3)23(27(4,25)26)12-6-9-20(24)22-18-11-10-17(21)13-15(18)2/h5,7-8,10-11,13H,6,9,12H2,1-4H3,(H,22,24). The number of carbonyl (C=O) groups excluding carboxylic acids is 1. The number of rotatable bonds is 7. The Morgan fingerprint density at radius 3 is 2.44 bits per heavy atom. The van der Waals surface area contributed by atoms with Crippen LogP contribution < -0.4 is 9.62 Å². The van der Waals surface area contributed by atoms with Crippen molar-refractivity contribution >= 4 is 38.9 Å². The number of hydrogen-bond acceptors (Lipinski definition) is 3. The monoisotopic (exact) mass is 408 g/mol. The SMILES string of the molecule is Cc1cc(Cl)ccc1NC(=O)CCCN(c1cccc(C)c1C)S(C)(=O)=O. The molecular formula is C20H25ClN2O3S. The van der Waals surface area contributed by atoms with E-state index in [-0.39, 0.29) is 18.9 Å². The van der Waals surface area contributed by atoms with E-state index >= 15 is 0 Å². The molecule has 0 aromatic heterocycles. The number of sulfonamides is 1. The minimum Gasteiger partial charge on any atom is -0.326 e. The lowest BCUT2D eigenvalue weighted by Crippen LogP contribution is -2.32. The molecule has 0 fully saturated rings. The highest BCUT2D eigenvalue weighted by molar-refractivity contribution is 7.92. The van der Waals surface area contributed by atoms with Crippen LogP contribution in [-0.2, 0) is 14.8 Å². The molecule has 0 bridgehead atoms. The maximum atomic E-state index is 12.3. The maximum absolute atomic E-state index is 12.3. The second kappa shape index (κ2) is 8.76. The Kier molecular flexibility index (Phi) is 6.89. The number of hydrogen-bond donors (Lipinski definition) is 1. The first-order valence-corrected chi connectivity index (χ1v) is 10.9. The van der Waals surface area contributed by atoms with Gasteiger partial charge in [0, 0.05) is 23.7 Å². The van der Waals surface area contributed by atoms with Crippen LogP contribution in [0.5, 0.6) is 0 Å². The topological polar surface area (TPSA) is 66.5 Å². The molecule has 0 aliphatic heterocycles. The Bertz CT molecular complexity index is 942. The summed E-state index contributed by atoms with van der Waals surface area (Å²) in [6.07, 6.45) is 1.82. The first-order chi connectivity index (χ1) is 12.6. The number of halogens is 1. The van der Waals surface area contributed by atoms with E-state index in [1.165, 1.54) is 10.6 Å². The molecule has 0 saturated heterocycles. The van der Waals surface area contributed by atoms with E-state index in [0.717, 1.165) is 16.7 Å². The summed E-state index contributed by atoms with van der Waals surface area (Å²) >= 11 is 5.92. The Morgan fingerprint density at radius 2 is 1.81 bits per heavy atom. The summed E-state index contributed by atoms with van der Waals surface area (Å²) in [5.41, 5.74) is 4.19. The lowest BCUT2D eigenvalue weighted by Gasteiger charge is -2.25. The third kappa shape index (κ3) is 5.71. The normalized spacial score (nSPS) is 11.3. The van der Waals surface area contributed by atoms with Crippen molar-refractivity contribution < 1.29 is 13.2 Å². The summed E-state index contributed by atoms with van der Waals surface area (Å²) in [5.74, 6) is -0.158. The molecule has 0 aliphatic carbocycles. The predicted molar refractivity (Wildman–Crippen MR) is 112 cm³/mol. The molecule has 5 nitrogen and oxygen atoms in total. The van der Waals surface area contributed by atoms with Gasteiger partial charge in [0.25, 0.3) is 0 Å². The minimum absolute atomic E-state index is 0.158. The van der Waals surface area contributed by atoms with Crippen LogP contribution in [0, 0.1) is 20.8 Å². The molecule has 1 N–H and O–H groups in total. The van der Waals surface area contributed by atoms with Crippen LogP contribution in [0.4, 0.5) is 11.4 Å². The number of carbonyl (C=O) groups is 1. The highest BCUT2D eigenvalue weighted by Crippen LogP contribution is 2.25. The number of benzene rings is 2. The van der Waals surface area contributed by atoms with Gasteiger partial charge in [-0.25, -0.2) is 8.42 Å². The first kappa shape index (κ1) is 21.3. The van der Waals surface area contributed by atoms with Crippen molar-refractivity contribution in [2.24, 2.45) is 0 Å². The molecular weight excluding hydrogens is 384 g/mol. The Morgan fingerprint density at radius 1 is 1.11 bits per heavy atom. The Balaban J connectivity index is 2.03. The Labute approximate surface area is 166 Å². The van der Waals surface area contributed by atoms with Crippen molar-refractivity contribution in [2.75, 3.05) is 22.4 Å². The van der Waals surface area contributed by atoms with Crippen LogP contribution in [-0.4, -0.2) is 27.1 Å². The molecule has 0 aliphatic rings. The van der Waals surface area contributed by atoms with Gasteiger partial charge in [-0.1, -0.05) is 23.7 Å².